The molecule has 0 unspecified atom stereocenters. The third-order valence-corrected chi connectivity index (χ3v) is 2.79. The molecule has 4 heteroatoms. The molecule has 16 heavy (non-hydrogen) atoms. The minimum Gasteiger partial charge on any atom is -0.507 e. The molecule has 0 radical (unpaired) electrons. The number of rotatable bonds is 2. The van der Waals surface area contributed by atoms with E-state index in [9.17, 15) is 9.90 Å². The number of amides is 1. The molecule has 1 aliphatic heterocycles. The van der Waals surface area contributed by atoms with Crippen LogP contribution in [-0.4, -0.2) is 30.1 Å². The Balaban J connectivity index is 2.08. The van der Waals surface area contributed by atoms with E-state index in [1.165, 1.54) is 0 Å². The summed E-state index contributed by atoms with van der Waals surface area (Å²) in [6.45, 7) is 3.62. The van der Waals surface area contributed by atoms with Gasteiger partial charge in [0.05, 0.1) is 5.56 Å². The van der Waals surface area contributed by atoms with Crippen molar-refractivity contribution in [2.75, 3.05) is 13.1 Å². The normalized spacial score (nSPS) is 19.7. The molecule has 0 saturated carbocycles. The minimum absolute atomic E-state index is 0.0449. The van der Waals surface area contributed by atoms with E-state index >= 15 is 0 Å². The Labute approximate surface area is 94.7 Å². The van der Waals surface area contributed by atoms with Crippen LogP contribution in [0.3, 0.4) is 0 Å². The number of carbonyl (C=O) groups is 1. The lowest BCUT2D eigenvalue weighted by molar-refractivity contribution is 0.0937. The summed E-state index contributed by atoms with van der Waals surface area (Å²) in [5.74, 6) is -0.158. The molecule has 0 spiro atoms. The zero-order valence-corrected chi connectivity index (χ0v) is 9.29. The molecular formula is C12H16N2O2. The van der Waals surface area contributed by atoms with E-state index in [-0.39, 0.29) is 17.7 Å². The van der Waals surface area contributed by atoms with Gasteiger partial charge in [0.15, 0.2) is 0 Å². The minimum atomic E-state index is -0.203. The number of benzene rings is 1. The van der Waals surface area contributed by atoms with Crippen LogP contribution in [0.25, 0.3) is 0 Å². The molecular weight excluding hydrogens is 204 g/mol. The van der Waals surface area contributed by atoms with Crippen molar-refractivity contribution in [2.24, 2.45) is 0 Å². The van der Waals surface area contributed by atoms with Gasteiger partial charge in [0.2, 0.25) is 0 Å². The molecule has 1 atom stereocenters. The third-order valence-electron chi connectivity index (χ3n) is 2.79. The lowest BCUT2D eigenvalue weighted by Gasteiger charge is -2.12. The predicted octanol–water partition coefficient (Wildman–Crippen LogP) is 0.792. The fourth-order valence-corrected chi connectivity index (χ4v) is 1.87. The number of phenols is 1. The Morgan fingerprint density at radius 3 is 3.00 bits per heavy atom. The van der Waals surface area contributed by atoms with E-state index in [0.29, 0.717) is 5.56 Å². The topological polar surface area (TPSA) is 61.4 Å². The van der Waals surface area contributed by atoms with Crippen molar-refractivity contribution in [3.05, 3.63) is 29.3 Å². The largest absolute Gasteiger partial charge is 0.507 e. The second kappa shape index (κ2) is 4.53. The molecule has 1 amide bonds. The summed E-state index contributed by atoms with van der Waals surface area (Å²) < 4.78 is 0. The summed E-state index contributed by atoms with van der Waals surface area (Å²) in [7, 11) is 0. The summed E-state index contributed by atoms with van der Waals surface area (Å²) in [5.41, 5.74) is 1.29. The summed E-state index contributed by atoms with van der Waals surface area (Å²) >= 11 is 0. The van der Waals surface area contributed by atoms with Gasteiger partial charge in [-0.05, 0) is 37.6 Å². The van der Waals surface area contributed by atoms with Crippen LogP contribution in [0, 0.1) is 6.92 Å². The third kappa shape index (κ3) is 2.33. The lowest BCUT2D eigenvalue weighted by Crippen LogP contribution is -2.36. The average Bonchev–Trinajstić information content (AvgIpc) is 2.70. The number of aromatic hydroxyl groups is 1. The summed E-state index contributed by atoms with van der Waals surface area (Å²) in [4.78, 5) is 11.8. The monoisotopic (exact) mass is 220 g/mol. The molecule has 86 valence electrons. The molecule has 1 heterocycles. The first-order valence-electron chi connectivity index (χ1n) is 5.48. The summed E-state index contributed by atoms with van der Waals surface area (Å²) in [6, 6.07) is 5.25. The van der Waals surface area contributed by atoms with E-state index in [1.54, 1.807) is 12.1 Å². The quantitative estimate of drug-likeness (QED) is 0.690. The maximum atomic E-state index is 11.8. The number of nitrogens with one attached hydrogen (secondary N) is 2. The van der Waals surface area contributed by atoms with Gasteiger partial charge in [-0.25, -0.2) is 0 Å². The SMILES string of the molecule is Cc1ccc(C(=O)N[C@@H]2CCNC2)c(O)c1. The van der Waals surface area contributed by atoms with Crippen LogP contribution in [0.15, 0.2) is 18.2 Å². The van der Waals surface area contributed by atoms with E-state index in [2.05, 4.69) is 10.6 Å². The molecule has 1 fully saturated rings. The van der Waals surface area contributed by atoms with Crippen LogP contribution in [0.4, 0.5) is 0 Å². The lowest BCUT2D eigenvalue weighted by atomic mass is 10.1. The first-order valence-corrected chi connectivity index (χ1v) is 5.48. The Morgan fingerprint density at radius 2 is 2.38 bits per heavy atom. The number of hydrogen-bond donors (Lipinski definition) is 3. The van der Waals surface area contributed by atoms with E-state index in [1.807, 2.05) is 13.0 Å². The van der Waals surface area contributed by atoms with Gasteiger partial charge < -0.3 is 15.7 Å². The molecule has 1 aromatic rings. The van der Waals surface area contributed by atoms with Crippen molar-refractivity contribution in [1.82, 2.24) is 10.6 Å². The Hall–Kier alpha value is -1.55. The van der Waals surface area contributed by atoms with Gasteiger partial charge in [0.25, 0.3) is 5.91 Å². The second-order valence-corrected chi connectivity index (χ2v) is 4.18. The van der Waals surface area contributed by atoms with Crippen molar-refractivity contribution < 1.29 is 9.90 Å². The maximum Gasteiger partial charge on any atom is 0.255 e. The van der Waals surface area contributed by atoms with Crippen LogP contribution in [0.1, 0.15) is 22.3 Å². The van der Waals surface area contributed by atoms with Gasteiger partial charge in [0, 0.05) is 12.6 Å². The first kappa shape index (κ1) is 11.0. The van der Waals surface area contributed by atoms with Crippen LogP contribution in [-0.2, 0) is 0 Å². The van der Waals surface area contributed by atoms with Crippen molar-refractivity contribution >= 4 is 5.91 Å². The van der Waals surface area contributed by atoms with Crippen molar-refractivity contribution in [3.8, 4) is 5.75 Å². The molecule has 2 rings (SSSR count). The molecule has 0 aromatic heterocycles. The summed E-state index contributed by atoms with van der Waals surface area (Å²) in [6.07, 6.45) is 0.943. The Kier molecular flexibility index (Phi) is 3.10. The molecule has 3 N–H and O–H groups in total. The van der Waals surface area contributed by atoms with Gasteiger partial charge in [0.1, 0.15) is 5.75 Å². The zero-order valence-electron chi connectivity index (χ0n) is 9.29. The Bertz CT molecular complexity index is 398. The van der Waals surface area contributed by atoms with Crippen LogP contribution in [0.2, 0.25) is 0 Å². The second-order valence-electron chi connectivity index (χ2n) is 4.18. The van der Waals surface area contributed by atoms with Crippen LogP contribution < -0.4 is 10.6 Å². The highest BCUT2D eigenvalue weighted by atomic mass is 16.3. The summed E-state index contributed by atoms with van der Waals surface area (Å²) in [5, 5.41) is 15.7. The average molecular weight is 220 g/mol. The zero-order chi connectivity index (χ0) is 11.5. The fraction of sp³-hybridized carbons (Fsp3) is 0.417. The Morgan fingerprint density at radius 1 is 1.56 bits per heavy atom. The van der Waals surface area contributed by atoms with Gasteiger partial charge in [-0.3, -0.25) is 4.79 Å². The van der Waals surface area contributed by atoms with E-state index in [4.69, 9.17) is 0 Å². The standard InChI is InChI=1S/C12H16N2O2/c1-8-2-3-10(11(15)6-8)12(16)14-9-4-5-13-7-9/h2-3,6,9,13,15H,4-5,7H2,1H3,(H,14,16)/t9-/m1/s1. The molecule has 1 aromatic carbocycles. The molecule has 0 aliphatic carbocycles. The molecule has 1 saturated heterocycles. The van der Waals surface area contributed by atoms with Crippen LogP contribution >= 0.6 is 0 Å². The van der Waals surface area contributed by atoms with Gasteiger partial charge in [-0.15, -0.1) is 0 Å². The number of hydrogen-bond acceptors (Lipinski definition) is 3. The molecule has 0 bridgehead atoms. The maximum absolute atomic E-state index is 11.8. The van der Waals surface area contributed by atoms with Crippen molar-refractivity contribution in [1.29, 1.82) is 0 Å². The first-order chi connectivity index (χ1) is 7.66. The highest BCUT2D eigenvalue weighted by Gasteiger charge is 2.19. The number of aryl methyl sites for hydroxylation is 1. The fourth-order valence-electron chi connectivity index (χ4n) is 1.87. The smallest absolute Gasteiger partial charge is 0.255 e. The predicted molar refractivity (Wildman–Crippen MR) is 61.6 cm³/mol. The van der Waals surface area contributed by atoms with Gasteiger partial charge in [-0.1, -0.05) is 6.07 Å². The molecule has 4 nitrogen and oxygen atoms in total. The van der Waals surface area contributed by atoms with Gasteiger partial charge >= 0.3 is 0 Å². The van der Waals surface area contributed by atoms with Crippen LogP contribution in [0.5, 0.6) is 5.75 Å². The molecule has 1 aliphatic rings. The highest BCUT2D eigenvalue weighted by Crippen LogP contribution is 2.18. The van der Waals surface area contributed by atoms with E-state index in [0.717, 1.165) is 25.1 Å². The van der Waals surface area contributed by atoms with Gasteiger partial charge in [-0.2, -0.15) is 0 Å². The highest BCUT2D eigenvalue weighted by molar-refractivity contribution is 5.97. The number of phenolic OH excluding ortho intramolecular Hbond substituents is 1. The van der Waals surface area contributed by atoms with E-state index < -0.39 is 0 Å². The number of carbonyl (C=O) groups excluding carboxylic acids is 1. The van der Waals surface area contributed by atoms with Crippen molar-refractivity contribution in [3.63, 3.8) is 0 Å². The van der Waals surface area contributed by atoms with Crippen molar-refractivity contribution in [2.45, 2.75) is 19.4 Å².